The lowest BCUT2D eigenvalue weighted by molar-refractivity contribution is 0.102. The van der Waals surface area contributed by atoms with Crippen LogP contribution < -0.4 is 10.1 Å². The second-order valence-electron chi connectivity index (χ2n) is 6.51. The first-order chi connectivity index (χ1) is 14.4. The zero-order chi connectivity index (χ0) is 21.6. The number of rotatable bonds is 8. The molecule has 6 nitrogen and oxygen atoms in total. The van der Waals surface area contributed by atoms with Gasteiger partial charge in [-0.2, -0.15) is 4.31 Å². The predicted molar refractivity (Wildman–Crippen MR) is 117 cm³/mol. The molecule has 1 N–H and O–H groups in total. The summed E-state index contributed by atoms with van der Waals surface area (Å²) in [5.74, 6) is 0.919. The number of benzene rings is 3. The van der Waals surface area contributed by atoms with Crippen LogP contribution in [0.1, 0.15) is 24.2 Å². The van der Waals surface area contributed by atoms with Crippen molar-refractivity contribution >= 4 is 21.6 Å². The van der Waals surface area contributed by atoms with E-state index in [4.69, 9.17) is 4.74 Å². The van der Waals surface area contributed by atoms with Gasteiger partial charge in [0.05, 0.1) is 4.90 Å². The van der Waals surface area contributed by atoms with Gasteiger partial charge in [0.1, 0.15) is 11.5 Å². The van der Waals surface area contributed by atoms with E-state index in [0.717, 1.165) is 0 Å². The number of nitrogens with zero attached hydrogens (tertiary/aromatic N) is 1. The van der Waals surface area contributed by atoms with Gasteiger partial charge in [-0.3, -0.25) is 4.79 Å². The number of para-hydroxylation sites is 1. The molecule has 3 aromatic rings. The minimum atomic E-state index is -3.53. The molecule has 0 radical (unpaired) electrons. The maximum atomic E-state index is 12.6. The molecule has 3 rings (SSSR count). The van der Waals surface area contributed by atoms with Crippen molar-refractivity contribution in [2.24, 2.45) is 0 Å². The van der Waals surface area contributed by atoms with E-state index in [0.29, 0.717) is 35.8 Å². The summed E-state index contributed by atoms with van der Waals surface area (Å²) in [5.41, 5.74) is 0.941. The minimum Gasteiger partial charge on any atom is -0.457 e. The van der Waals surface area contributed by atoms with Crippen LogP contribution in [0, 0.1) is 0 Å². The van der Waals surface area contributed by atoms with Crippen LogP contribution in [0.25, 0.3) is 0 Å². The van der Waals surface area contributed by atoms with Crippen molar-refractivity contribution in [3.63, 3.8) is 0 Å². The second-order valence-corrected chi connectivity index (χ2v) is 8.45. The Bertz CT molecular complexity index is 1090. The van der Waals surface area contributed by atoms with Gasteiger partial charge in [-0.1, -0.05) is 38.1 Å². The highest BCUT2D eigenvalue weighted by Crippen LogP contribution is 2.23. The molecule has 0 saturated heterocycles. The van der Waals surface area contributed by atoms with Crippen LogP contribution in [-0.4, -0.2) is 31.7 Å². The summed E-state index contributed by atoms with van der Waals surface area (Å²) >= 11 is 0. The summed E-state index contributed by atoms with van der Waals surface area (Å²) in [5, 5.41) is 2.78. The molecule has 156 valence electrons. The molecule has 0 aliphatic rings. The zero-order valence-corrected chi connectivity index (χ0v) is 17.7. The SMILES string of the molecule is CCN(CC)S(=O)(=O)c1ccc(NC(=O)c2cccc(Oc3ccccc3)c2)cc1. The van der Waals surface area contributed by atoms with Gasteiger partial charge in [0, 0.05) is 24.3 Å². The van der Waals surface area contributed by atoms with E-state index in [2.05, 4.69) is 5.32 Å². The van der Waals surface area contributed by atoms with E-state index in [9.17, 15) is 13.2 Å². The van der Waals surface area contributed by atoms with Gasteiger partial charge in [0.25, 0.3) is 5.91 Å². The molecule has 0 aliphatic carbocycles. The van der Waals surface area contributed by atoms with Gasteiger partial charge in [-0.05, 0) is 54.6 Å². The maximum absolute atomic E-state index is 12.6. The number of anilines is 1. The van der Waals surface area contributed by atoms with E-state index in [1.807, 2.05) is 30.3 Å². The molecule has 3 aromatic carbocycles. The van der Waals surface area contributed by atoms with Crippen LogP contribution in [0.2, 0.25) is 0 Å². The highest BCUT2D eigenvalue weighted by molar-refractivity contribution is 7.89. The first-order valence-electron chi connectivity index (χ1n) is 9.68. The highest BCUT2D eigenvalue weighted by Gasteiger charge is 2.21. The molecule has 0 fully saturated rings. The standard InChI is InChI=1S/C23H24N2O4S/c1-3-25(4-2)30(27,28)22-15-13-19(14-16-22)24-23(26)18-9-8-12-21(17-18)29-20-10-6-5-7-11-20/h5-17H,3-4H2,1-2H3,(H,24,26). The topological polar surface area (TPSA) is 75.7 Å². The van der Waals surface area contributed by atoms with Crippen molar-refractivity contribution in [3.05, 3.63) is 84.4 Å². The number of ether oxygens (including phenoxy) is 1. The van der Waals surface area contributed by atoms with E-state index < -0.39 is 10.0 Å². The van der Waals surface area contributed by atoms with Crippen molar-refractivity contribution < 1.29 is 17.9 Å². The third-order valence-electron chi connectivity index (χ3n) is 4.53. The lowest BCUT2D eigenvalue weighted by atomic mass is 10.2. The maximum Gasteiger partial charge on any atom is 0.255 e. The molecule has 1 amide bonds. The monoisotopic (exact) mass is 424 g/mol. The fourth-order valence-electron chi connectivity index (χ4n) is 2.95. The molecule has 0 heterocycles. The molecule has 0 aromatic heterocycles. The Morgan fingerprint density at radius 2 is 1.50 bits per heavy atom. The average Bonchev–Trinajstić information content (AvgIpc) is 2.76. The van der Waals surface area contributed by atoms with Crippen LogP contribution in [-0.2, 0) is 10.0 Å². The molecule has 0 unspecified atom stereocenters. The Labute approximate surface area is 177 Å². The minimum absolute atomic E-state index is 0.197. The Morgan fingerprint density at radius 1 is 0.867 bits per heavy atom. The van der Waals surface area contributed by atoms with E-state index >= 15 is 0 Å². The molecule has 0 aliphatic heterocycles. The van der Waals surface area contributed by atoms with Crippen molar-refractivity contribution in [1.82, 2.24) is 4.31 Å². The molecule has 0 bridgehead atoms. The number of amides is 1. The fourth-order valence-corrected chi connectivity index (χ4v) is 4.41. The lowest BCUT2D eigenvalue weighted by Crippen LogP contribution is -2.30. The first-order valence-corrected chi connectivity index (χ1v) is 11.1. The van der Waals surface area contributed by atoms with Gasteiger partial charge < -0.3 is 10.1 Å². The molecule has 0 spiro atoms. The largest absolute Gasteiger partial charge is 0.457 e. The number of sulfonamides is 1. The molecular formula is C23H24N2O4S. The third-order valence-corrected chi connectivity index (χ3v) is 6.59. The third kappa shape index (κ3) is 5.06. The number of hydrogen-bond acceptors (Lipinski definition) is 4. The van der Waals surface area contributed by atoms with Crippen molar-refractivity contribution in [2.75, 3.05) is 18.4 Å². The summed E-state index contributed by atoms with van der Waals surface area (Å²) in [6.07, 6.45) is 0. The average molecular weight is 425 g/mol. The first kappa shape index (κ1) is 21.5. The normalized spacial score (nSPS) is 11.3. The van der Waals surface area contributed by atoms with Gasteiger partial charge >= 0.3 is 0 Å². The predicted octanol–water partition coefficient (Wildman–Crippen LogP) is 4.76. The molecule has 30 heavy (non-hydrogen) atoms. The fraction of sp³-hybridized carbons (Fsp3) is 0.174. The Balaban J connectivity index is 1.71. The van der Waals surface area contributed by atoms with Crippen LogP contribution in [0.3, 0.4) is 0 Å². The second kappa shape index (κ2) is 9.56. The molecule has 0 atom stereocenters. The molecule has 0 saturated carbocycles. The van der Waals surface area contributed by atoms with E-state index in [-0.39, 0.29) is 10.8 Å². The van der Waals surface area contributed by atoms with Gasteiger partial charge in [-0.15, -0.1) is 0 Å². The van der Waals surface area contributed by atoms with Crippen molar-refractivity contribution in [2.45, 2.75) is 18.7 Å². The summed E-state index contributed by atoms with van der Waals surface area (Å²) in [6, 6.07) is 22.3. The summed E-state index contributed by atoms with van der Waals surface area (Å²) in [4.78, 5) is 12.8. The lowest BCUT2D eigenvalue weighted by Gasteiger charge is -2.18. The molecular weight excluding hydrogens is 400 g/mol. The van der Waals surface area contributed by atoms with Gasteiger partial charge in [0.15, 0.2) is 0 Å². The summed E-state index contributed by atoms with van der Waals surface area (Å²) in [6.45, 7) is 4.40. The number of nitrogens with one attached hydrogen (secondary N) is 1. The zero-order valence-electron chi connectivity index (χ0n) is 16.9. The number of hydrogen-bond donors (Lipinski definition) is 1. The number of carbonyl (C=O) groups is 1. The van der Waals surface area contributed by atoms with E-state index in [1.54, 1.807) is 50.2 Å². The van der Waals surface area contributed by atoms with Crippen LogP contribution >= 0.6 is 0 Å². The highest BCUT2D eigenvalue weighted by atomic mass is 32.2. The summed E-state index contributed by atoms with van der Waals surface area (Å²) < 4.78 is 32.3. The van der Waals surface area contributed by atoms with Gasteiger partial charge in [-0.25, -0.2) is 8.42 Å². The Hall–Kier alpha value is -3.16. The van der Waals surface area contributed by atoms with Crippen molar-refractivity contribution in [3.8, 4) is 11.5 Å². The Kier molecular flexibility index (Phi) is 6.87. The van der Waals surface area contributed by atoms with Crippen LogP contribution in [0.4, 0.5) is 5.69 Å². The van der Waals surface area contributed by atoms with Gasteiger partial charge in [0.2, 0.25) is 10.0 Å². The van der Waals surface area contributed by atoms with Crippen LogP contribution in [0.15, 0.2) is 83.8 Å². The quantitative estimate of drug-likeness (QED) is 0.566. The van der Waals surface area contributed by atoms with Crippen LogP contribution in [0.5, 0.6) is 11.5 Å². The van der Waals surface area contributed by atoms with E-state index in [1.165, 1.54) is 16.4 Å². The smallest absolute Gasteiger partial charge is 0.255 e. The summed E-state index contributed by atoms with van der Waals surface area (Å²) in [7, 11) is -3.53. The number of carbonyl (C=O) groups excluding carboxylic acids is 1. The van der Waals surface area contributed by atoms with Crippen molar-refractivity contribution in [1.29, 1.82) is 0 Å². The Morgan fingerprint density at radius 3 is 2.13 bits per heavy atom. The molecule has 7 heteroatoms.